The molecule has 7 N–H and O–H groups in total. The smallest absolute Gasteiger partial charge is 0.370 e. The van der Waals surface area contributed by atoms with Crippen molar-refractivity contribution in [1.82, 2.24) is 5.32 Å². The van der Waals surface area contributed by atoms with Gasteiger partial charge in [-0.15, -0.1) is 0 Å². The van der Waals surface area contributed by atoms with Gasteiger partial charge in [0.2, 0.25) is 11.7 Å². The van der Waals surface area contributed by atoms with Crippen molar-refractivity contribution < 1.29 is 38.8 Å². The number of rotatable bonds is 14. The number of ether oxygens (including phenoxy) is 3. The number of hydrogen-bond acceptors (Lipinski definition) is 8. The topological polar surface area (TPSA) is 196 Å². The van der Waals surface area contributed by atoms with Crippen LogP contribution in [0.3, 0.4) is 0 Å². The molecule has 0 aliphatic carbocycles. The standard InChI is InChI=1S/C21H36N4O8/c1-4-5-6-7-8-9-16(28)32-11-14(27)18(31-3)19-17(24-12(2)26)13(25-21(22)23)10-15(33-19)20(29)30/h10,13-14,17-19,27H,4-9,11H2,1-3H3,(H,24,26)(H,29,30)(H4,22,23,25)/t13-,14-,17+,18-,19?/m0/s1. The van der Waals surface area contributed by atoms with Crippen LogP contribution in [0.1, 0.15) is 52.4 Å². The van der Waals surface area contributed by atoms with Gasteiger partial charge in [-0.1, -0.05) is 32.6 Å². The SMILES string of the molecule is CCCCCCCC(=O)OC[C@H](O)[C@H](OC)C1OC(C(=O)O)=C[C@H](N=C(N)N)[C@H]1NC(C)=O. The molecule has 1 unspecified atom stereocenters. The number of amides is 1. The van der Waals surface area contributed by atoms with Gasteiger partial charge in [-0.25, -0.2) is 9.79 Å². The third-order valence-corrected chi connectivity index (χ3v) is 5.06. The zero-order chi connectivity index (χ0) is 25.0. The molecule has 0 aromatic rings. The highest BCUT2D eigenvalue weighted by Gasteiger charge is 2.45. The molecule has 12 heteroatoms. The number of unbranched alkanes of at least 4 members (excludes halogenated alkanes) is 4. The monoisotopic (exact) mass is 472 g/mol. The van der Waals surface area contributed by atoms with E-state index in [1.165, 1.54) is 14.0 Å². The van der Waals surface area contributed by atoms with Crippen LogP contribution < -0.4 is 16.8 Å². The minimum atomic E-state index is -1.39. The number of esters is 1. The van der Waals surface area contributed by atoms with Crippen LogP contribution >= 0.6 is 0 Å². The van der Waals surface area contributed by atoms with Gasteiger partial charge in [0.25, 0.3) is 0 Å². The second-order valence-corrected chi connectivity index (χ2v) is 7.80. The van der Waals surface area contributed by atoms with E-state index in [0.717, 1.165) is 31.8 Å². The third-order valence-electron chi connectivity index (χ3n) is 5.06. The second kappa shape index (κ2) is 14.3. The number of aliphatic imine (C=N–C) groups is 1. The Morgan fingerprint density at radius 2 is 1.91 bits per heavy atom. The first-order valence-corrected chi connectivity index (χ1v) is 10.9. The van der Waals surface area contributed by atoms with Crippen molar-refractivity contribution in [2.24, 2.45) is 16.5 Å². The van der Waals surface area contributed by atoms with Crippen LogP contribution in [0, 0.1) is 0 Å². The van der Waals surface area contributed by atoms with Crippen molar-refractivity contribution in [2.45, 2.75) is 82.8 Å². The fourth-order valence-corrected chi connectivity index (χ4v) is 3.53. The number of nitrogens with one attached hydrogen (secondary N) is 1. The maximum Gasteiger partial charge on any atom is 0.370 e. The number of hydrogen-bond donors (Lipinski definition) is 5. The van der Waals surface area contributed by atoms with Crippen LogP contribution in [0.25, 0.3) is 0 Å². The maximum absolute atomic E-state index is 12.0. The van der Waals surface area contributed by atoms with E-state index < -0.39 is 60.6 Å². The van der Waals surface area contributed by atoms with Gasteiger partial charge in [0, 0.05) is 20.5 Å². The summed E-state index contributed by atoms with van der Waals surface area (Å²) in [5.74, 6) is -3.13. The largest absolute Gasteiger partial charge is 0.478 e. The summed E-state index contributed by atoms with van der Waals surface area (Å²) >= 11 is 0. The molecule has 0 aromatic heterocycles. The number of aliphatic hydroxyl groups excluding tert-OH is 1. The molecule has 0 saturated carbocycles. The van der Waals surface area contributed by atoms with E-state index in [0.29, 0.717) is 6.42 Å². The van der Waals surface area contributed by atoms with Gasteiger partial charge in [0.05, 0.1) is 12.1 Å². The number of carboxylic acids is 1. The van der Waals surface area contributed by atoms with Crippen molar-refractivity contribution >= 4 is 23.8 Å². The lowest BCUT2D eigenvalue weighted by Crippen LogP contribution is -2.60. The zero-order valence-electron chi connectivity index (χ0n) is 19.4. The molecule has 188 valence electrons. The van der Waals surface area contributed by atoms with Crippen LogP contribution in [-0.4, -0.2) is 78.1 Å². The number of aliphatic carboxylic acids is 1. The number of methoxy groups -OCH3 is 1. The average molecular weight is 473 g/mol. The lowest BCUT2D eigenvalue weighted by molar-refractivity contribution is -0.159. The van der Waals surface area contributed by atoms with Crippen molar-refractivity contribution in [3.63, 3.8) is 0 Å². The van der Waals surface area contributed by atoms with E-state index in [1.54, 1.807) is 0 Å². The van der Waals surface area contributed by atoms with Crippen LogP contribution in [0.15, 0.2) is 16.8 Å². The predicted octanol–water partition coefficient (Wildman–Crippen LogP) is -0.220. The van der Waals surface area contributed by atoms with Gasteiger partial charge < -0.3 is 41.2 Å². The molecule has 0 spiro atoms. The number of nitrogens with two attached hydrogens (primary N) is 2. The van der Waals surface area contributed by atoms with Gasteiger partial charge >= 0.3 is 11.9 Å². The molecule has 1 heterocycles. The summed E-state index contributed by atoms with van der Waals surface area (Å²) in [5.41, 5.74) is 10.9. The Labute approximate surface area is 193 Å². The van der Waals surface area contributed by atoms with Crippen molar-refractivity contribution in [1.29, 1.82) is 0 Å². The summed E-state index contributed by atoms with van der Waals surface area (Å²) in [7, 11) is 1.27. The Balaban J connectivity index is 2.94. The first-order valence-electron chi connectivity index (χ1n) is 10.9. The van der Waals surface area contributed by atoms with E-state index in [9.17, 15) is 24.6 Å². The maximum atomic E-state index is 12.0. The summed E-state index contributed by atoms with van der Waals surface area (Å²) < 4.78 is 16.0. The summed E-state index contributed by atoms with van der Waals surface area (Å²) in [6.45, 7) is 2.95. The number of aliphatic hydroxyl groups is 1. The minimum Gasteiger partial charge on any atom is -0.478 e. The fourth-order valence-electron chi connectivity index (χ4n) is 3.53. The highest BCUT2D eigenvalue weighted by molar-refractivity contribution is 5.85. The van der Waals surface area contributed by atoms with Crippen LogP contribution in [0.4, 0.5) is 0 Å². The van der Waals surface area contributed by atoms with Crippen molar-refractivity contribution in [3.05, 3.63) is 11.8 Å². The van der Waals surface area contributed by atoms with E-state index in [4.69, 9.17) is 25.7 Å². The molecule has 0 radical (unpaired) electrons. The predicted molar refractivity (Wildman–Crippen MR) is 119 cm³/mol. The summed E-state index contributed by atoms with van der Waals surface area (Å²) in [4.78, 5) is 39.3. The van der Waals surface area contributed by atoms with Crippen LogP contribution in [0.5, 0.6) is 0 Å². The summed E-state index contributed by atoms with van der Waals surface area (Å²) in [6.07, 6.45) is 2.45. The second-order valence-electron chi connectivity index (χ2n) is 7.80. The molecule has 1 aliphatic rings. The molecule has 1 rings (SSSR count). The Morgan fingerprint density at radius 3 is 2.45 bits per heavy atom. The molecular weight excluding hydrogens is 436 g/mol. The van der Waals surface area contributed by atoms with Crippen molar-refractivity contribution in [3.8, 4) is 0 Å². The quantitative estimate of drug-likeness (QED) is 0.0975. The van der Waals surface area contributed by atoms with E-state index in [-0.39, 0.29) is 12.4 Å². The van der Waals surface area contributed by atoms with Gasteiger partial charge in [0.1, 0.15) is 18.8 Å². The average Bonchev–Trinajstić information content (AvgIpc) is 2.73. The molecule has 0 bridgehead atoms. The molecule has 1 amide bonds. The first-order chi connectivity index (χ1) is 15.6. The molecule has 0 aromatic carbocycles. The Morgan fingerprint density at radius 1 is 1.24 bits per heavy atom. The highest BCUT2D eigenvalue weighted by atomic mass is 16.6. The minimum absolute atomic E-state index is 0.223. The number of nitrogens with zero attached hydrogens (tertiary/aromatic N) is 1. The van der Waals surface area contributed by atoms with Gasteiger partial charge in [-0.2, -0.15) is 0 Å². The Hall–Kier alpha value is -2.86. The molecule has 0 saturated heterocycles. The molecular formula is C21H36N4O8. The third kappa shape index (κ3) is 9.66. The summed E-state index contributed by atoms with van der Waals surface area (Å²) in [5, 5.41) is 22.7. The van der Waals surface area contributed by atoms with E-state index >= 15 is 0 Å². The van der Waals surface area contributed by atoms with Crippen LogP contribution in [0.2, 0.25) is 0 Å². The number of guanidine groups is 1. The number of carboxylic acid groups (broad SMARTS) is 1. The highest BCUT2D eigenvalue weighted by Crippen LogP contribution is 2.26. The van der Waals surface area contributed by atoms with E-state index in [1.807, 2.05) is 0 Å². The molecule has 5 atom stereocenters. The van der Waals surface area contributed by atoms with Crippen LogP contribution in [-0.2, 0) is 28.6 Å². The van der Waals surface area contributed by atoms with Crippen molar-refractivity contribution in [2.75, 3.05) is 13.7 Å². The molecule has 0 fully saturated rings. The summed E-state index contributed by atoms with van der Waals surface area (Å²) in [6, 6.07) is -1.97. The zero-order valence-corrected chi connectivity index (χ0v) is 19.4. The Bertz CT molecular complexity index is 723. The molecule has 33 heavy (non-hydrogen) atoms. The number of carbonyl (C=O) groups excluding carboxylic acids is 2. The van der Waals surface area contributed by atoms with Gasteiger partial charge in [-0.05, 0) is 12.5 Å². The number of carbonyl (C=O) groups is 3. The lowest BCUT2D eigenvalue weighted by atomic mass is 9.92. The molecule has 1 aliphatic heterocycles. The lowest BCUT2D eigenvalue weighted by Gasteiger charge is -2.40. The molecule has 12 nitrogen and oxygen atoms in total. The fraction of sp³-hybridized carbons (Fsp3) is 0.714. The van der Waals surface area contributed by atoms with Gasteiger partial charge in [-0.3, -0.25) is 9.59 Å². The van der Waals surface area contributed by atoms with E-state index in [2.05, 4.69) is 17.2 Å². The normalized spacial score (nSPS) is 21.7. The first kappa shape index (κ1) is 28.2. The Kier molecular flexibility index (Phi) is 12.2. The van der Waals surface area contributed by atoms with Gasteiger partial charge in [0.15, 0.2) is 12.1 Å².